The first-order chi connectivity index (χ1) is 12.4. The number of morpholine rings is 1. The Bertz CT molecular complexity index is 800. The Morgan fingerprint density at radius 3 is 2.59 bits per heavy atom. The molecule has 3 N–H and O–H groups in total. The third-order valence-electron chi connectivity index (χ3n) is 4.17. The molecule has 2 heterocycles. The second-order valence-corrected chi connectivity index (χ2v) is 6.52. The van der Waals surface area contributed by atoms with Gasteiger partial charge >= 0.3 is 0 Å². The molecular formula is C18H24ClN5O3. The minimum atomic E-state index is -0.315. The highest BCUT2D eigenvalue weighted by atomic mass is 35.5. The predicted octanol–water partition coefficient (Wildman–Crippen LogP) is 1.78. The molecule has 1 fully saturated rings. The number of para-hydroxylation sites is 1. The average molecular weight is 394 g/mol. The highest BCUT2D eigenvalue weighted by molar-refractivity contribution is 6.07. The third kappa shape index (κ3) is 5.21. The first kappa shape index (κ1) is 20.7. The van der Waals surface area contributed by atoms with Crippen LogP contribution in [0.5, 0.6) is 0 Å². The largest absolute Gasteiger partial charge is 0.398 e. The standard InChI is InChI=1S/C18H23N5O3.ClH/c1-12-8-22(9-13(2)26-12)17(24)11-23-10-14(7-20-23)21-18(25)15-5-3-4-6-16(15)19;/h3-7,10,12-13H,8-9,11,19H2,1-2H3,(H,21,25);1H. The van der Waals surface area contributed by atoms with Crippen LogP contribution in [0.25, 0.3) is 0 Å². The van der Waals surface area contributed by atoms with Gasteiger partial charge in [-0.15, -0.1) is 12.4 Å². The normalized spacial score (nSPS) is 19.3. The number of hydrogen-bond donors (Lipinski definition) is 2. The van der Waals surface area contributed by atoms with E-state index in [1.165, 1.54) is 10.9 Å². The average Bonchev–Trinajstić information content (AvgIpc) is 3.01. The van der Waals surface area contributed by atoms with Crippen molar-refractivity contribution in [1.29, 1.82) is 0 Å². The minimum Gasteiger partial charge on any atom is -0.398 e. The quantitative estimate of drug-likeness (QED) is 0.771. The number of nitrogens with two attached hydrogens (primary N) is 1. The van der Waals surface area contributed by atoms with Crippen molar-refractivity contribution in [3.8, 4) is 0 Å². The number of amides is 2. The number of anilines is 2. The second kappa shape index (κ2) is 8.88. The second-order valence-electron chi connectivity index (χ2n) is 6.52. The fourth-order valence-electron chi connectivity index (χ4n) is 3.04. The molecule has 8 nitrogen and oxygen atoms in total. The maximum Gasteiger partial charge on any atom is 0.257 e. The molecule has 1 aliphatic rings. The molecule has 0 aliphatic carbocycles. The first-order valence-corrected chi connectivity index (χ1v) is 8.54. The molecule has 1 saturated heterocycles. The number of carbonyl (C=O) groups is 2. The first-order valence-electron chi connectivity index (χ1n) is 8.54. The third-order valence-corrected chi connectivity index (χ3v) is 4.17. The number of benzene rings is 1. The van der Waals surface area contributed by atoms with Gasteiger partial charge in [-0.3, -0.25) is 14.3 Å². The van der Waals surface area contributed by atoms with Crippen LogP contribution in [0.1, 0.15) is 24.2 Å². The van der Waals surface area contributed by atoms with E-state index in [2.05, 4.69) is 10.4 Å². The van der Waals surface area contributed by atoms with Gasteiger partial charge < -0.3 is 20.7 Å². The van der Waals surface area contributed by atoms with E-state index in [1.807, 2.05) is 13.8 Å². The number of nitrogens with zero attached hydrogens (tertiary/aromatic N) is 3. The summed E-state index contributed by atoms with van der Waals surface area (Å²) < 4.78 is 7.15. The fourth-order valence-corrected chi connectivity index (χ4v) is 3.04. The van der Waals surface area contributed by atoms with Crippen molar-refractivity contribution in [3.63, 3.8) is 0 Å². The highest BCUT2D eigenvalue weighted by Gasteiger charge is 2.26. The monoisotopic (exact) mass is 393 g/mol. The summed E-state index contributed by atoms with van der Waals surface area (Å²) in [5, 5.41) is 6.89. The van der Waals surface area contributed by atoms with E-state index in [4.69, 9.17) is 10.5 Å². The van der Waals surface area contributed by atoms with Gasteiger partial charge in [0.15, 0.2) is 0 Å². The molecule has 1 aromatic heterocycles. The van der Waals surface area contributed by atoms with Gasteiger partial charge in [0.25, 0.3) is 5.91 Å². The van der Waals surface area contributed by atoms with Crippen LogP contribution in [0.4, 0.5) is 11.4 Å². The molecule has 3 rings (SSSR count). The van der Waals surface area contributed by atoms with Crippen molar-refractivity contribution < 1.29 is 14.3 Å². The number of ether oxygens (including phenoxy) is 1. The Labute approximate surface area is 164 Å². The lowest BCUT2D eigenvalue weighted by atomic mass is 10.1. The number of halogens is 1. The summed E-state index contributed by atoms with van der Waals surface area (Å²) in [5.74, 6) is -0.343. The van der Waals surface area contributed by atoms with Gasteiger partial charge in [-0.25, -0.2) is 0 Å². The van der Waals surface area contributed by atoms with Gasteiger partial charge in [-0.1, -0.05) is 12.1 Å². The maximum absolute atomic E-state index is 12.5. The minimum absolute atomic E-state index is 0. The van der Waals surface area contributed by atoms with Gasteiger partial charge in [0.05, 0.1) is 29.7 Å². The molecule has 2 atom stereocenters. The zero-order valence-electron chi connectivity index (χ0n) is 15.3. The summed E-state index contributed by atoms with van der Waals surface area (Å²) in [7, 11) is 0. The zero-order chi connectivity index (χ0) is 18.7. The maximum atomic E-state index is 12.5. The van der Waals surface area contributed by atoms with Gasteiger partial charge in [-0.05, 0) is 26.0 Å². The molecule has 1 aromatic carbocycles. The van der Waals surface area contributed by atoms with Gasteiger partial charge in [-0.2, -0.15) is 5.10 Å². The molecule has 146 valence electrons. The SMILES string of the molecule is CC1CN(C(=O)Cn2cc(NC(=O)c3ccccc3N)cn2)CC(C)O1.Cl. The summed E-state index contributed by atoms with van der Waals surface area (Å²) in [4.78, 5) is 26.5. The van der Waals surface area contributed by atoms with Crippen LogP contribution < -0.4 is 11.1 Å². The van der Waals surface area contributed by atoms with Crippen LogP contribution >= 0.6 is 12.4 Å². The lowest BCUT2D eigenvalue weighted by molar-refractivity contribution is -0.144. The van der Waals surface area contributed by atoms with Crippen molar-refractivity contribution in [2.75, 3.05) is 24.1 Å². The zero-order valence-corrected chi connectivity index (χ0v) is 16.1. The highest BCUT2D eigenvalue weighted by Crippen LogP contribution is 2.15. The van der Waals surface area contributed by atoms with E-state index in [-0.39, 0.29) is 43.0 Å². The van der Waals surface area contributed by atoms with E-state index in [0.717, 1.165) is 0 Å². The molecule has 27 heavy (non-hydrogen) atoms. The Hall–Kier alpha value is -2.58. The van der Waals surface area contributed by atoms with E-state index >= 15 is 0 Å². The molecule has 0 spiro atoms. The van der Waals surface area contributed by atoms with Crippen molar-refractivity contribution in [2.45, 2.75) is 32.6 Å². The van der Waals surface area contributed by atoms with Crippen LogP contribution in [-0.2, 0) is 16.1 Å². The Kier molecular flexibility index (Phi) is 6.81. The molecule has 2 aromatic rings. The summed E-state index contributed by atoms with van der Waals surface area (Å²) in [5.41, 5.74) is 7.12. The molecule has 1 aliphatic heterocycles. The molecule has 9 heteroatoms. The lowest BCUT2D eigenvalue weighted by Gasteiger charge is -2.35. The molecule has 0 saturated carbocycles. The molecular weight excluding hydrogens is 370 g/mol. The molecule has 2 amide bonds. The molecule has 2 unspecified atom stereocenters. The summed E-state index contributed by atoms with van der Waals surface area (Å²) in [6, 6.07) is 6.83. The van der Waals surface area contributed by atoms with Gasteiger partial charge in [0.1, 0.15) is 6.54 Å². The van der Waals surface area contributed by atoms with E-state index in [1.54, 1.807) is 35.4 Å². The van der Waals surface area contributed by atoms with Crippen molar-refractivity contribution in [1.82, 2.24) is 14.7 Å². The number of hydrogen-bond acceptors (Lipinski definition) is 5. The van der Waals surface area contributed by atoms with Gasteiger partial charge in [0, 0.05) is 25.0 Å². The molecule has 0 radical (unpaired) electrons. The Morgan fingerprint density at radius 2 is 1.93 bits per heavy atom. The Morgan fingerprint density at radius 1 is 1.26 bits per heavy atom. The topological polar surface area (TPSA) is 102 Å². The number of carbonyl (C=O) groups excluding carboxylic acids is 2. The number of rotatable bonds is 4. The van der Waals surface area contributed by atoms with Crippen LogP contribution in [0.3, 0.4) is 0 Å². The predicted molar refractivity (Wildman–Crippen MR) is 105 cm³/mol. The van der Waals surface area contributed by atoms with Crippen molar-refractivity contribution in [2.24, 2.45) is 0 Å². The van der Waals surface area contributed by atoms with Crippen molar-refractivity contribution >= 4 is 35.6 Å². The van der Waals surface area contributed by atoms with Crippen LogP contribution in [0, 0.1) is 0 Å². The Balaban J connectivity index is 0.00000261. The van der Waals surface area contributed by atoms with Crippen molar-refractivity contribution in [3.05, 3.63) is 42.2 Å². The number of nitrogen functional groups attached to an aromatic ring is 1. The van der Waals surface area contributed by atoms with Gasteiger partial charge in [0.2, 0.25) is 5.91 Å². The van der Waals surface area contributed by atoms with Crippen LogP contribution in [0.15, 0.2) is 36.7 Å². The van der Waals surface area contributed by atoms with Crippen LogP contribution in [-0.4, -0.2) is 51.8 Å². The van der Waals surface area contributed by atoms with Crippen LogP contribution in [0.2, 0.25) is 0 Å². The van der Waals surface area contributed by atoms with E-state index in [9.17, 15) is 9.59 Å². The summed E-state index contributed by atoms with van der Waals surface area (Å²) >= 11 is 0. The summed E-state index contributed by atoms with van der Waals surface area (Å²) in [6.07, 6.45) is 3.18. The fraction of sp³-hybridized carbons (Fsp3) is 0.389. The number of nitrogens with one attached hydrogen (secondary N) is 1. The summed E-state index contributed by atoms with van der Waals surface area (Å²) in [6.45, 7) is 5.16. The smallest absolute Gasteiger partial charge is 0.257 e. The van der Waals surface area contributed by atoms with E-state index < -0.39 is 0 Å². The molecule has 0 bridgehead atoms. The number of aromatic nitrogens is 2. The van der Waals surface area contributed by atoms with E-state index in [0.29, 0.717) is 30.0 Å². The lowest BCUT2D eigenvalue weighted by Crippen LogP contribution is -2.49.